The summed E-state index contributed by atoms with van der Waals surface area (Å²) in [5.41, 5.74) is 6.62. The van der Waals surface area contributed by atoms with Crippen LogP contribution in [0.2, 0.25) is 0 Å². The van der Waals surface area contributed by atoms with Gasteiger partial charge in [0.2, 0.25) is 0 Å². The average Bonchev–Trinajstić information content (AvgIpc) is 2.65. The largest absolute Gasteiger partial charge is 0.512 e. The fourth-order valence-electron chi connectivity index (χ4n) is 3.11. The smallest absolute Gasteiger partial charge is 0.296 e. The number of anilines is 2. The van der Waals surface area contributed by atoms with E-state index in [1.54, 1.807) is 0 Å². The number of benzene rings is 1. The molecule has 0 spiro atoms. The van der Waals surface area contributed by atoms with Crippen molar-refractivity contribution in [3.05, 3.63) is 52.0 Å². The van der Waals surface area contributed by atoms with Gasteiger partial charge in [0.15, 0.2) is 0 Å². The lowest BCUT2D eigenvalue weighted by Crippen LogP contribution is -2.38. The Balaban J connectivity index is 2.08. The van der Waals surface area contributed by atoms with E-state index < -0.39 is 53.3 Å². The number of rotatable bonds is 5. The highest BCUT2D eigenvalue weighted by molar-refractivity contribution is 7.97. The van der Waals surface area contributed by atoms with E-state index in [1.807, 2.05) is 0 Å². The molecule has 15 heteroatoms. The number of nitrogen functional groups attached to an aromatic ring is 1. The van der Waals surface area contributed by atoms with Crippen molar-refractivity contribution in [1.29, 1.82) is 5.41 Å². The van der Waals surface area contributed by atoms with Crippen molar-refractivity contribution >= 4 is 55.1 Å². The molecule has 0 amide bonds. The highest BCUT2D eigenvalue weighted by Gasteiger charge is 2.41. The van der Waals surface area contributed by atoms with Gasteiger partial charge in [-0.15, -0.1) is 0 Å². The maximum absolute atomic E-state index is 11.9. The summed E-state index contributed by atoms with van der Waals surface area (Å²) in [6.45, 7) is 0. The predicted octanol–water partition coefficient (Wildman–Crippen LogP) is 1.87. The minimum Gasteiger partial charge on any atom is -0.512 e. The zero-order chi connectivity index (χ0) is 23.1. The first-order valence-corrected chi connectivity index (χ1v) is 11.9. The number of hydrogen-bond acceptors (Lipinski definition) is 11. The Labute approximate surface area is 181 Å². The maximum Gasteiger partial charge on any atom is 0.296 e. The van der Waals surface area contributed by atoms with Gasteiger partial charge in [0.1, 0.15) is 21.3 Å². The van der Waals surface area contributed by atoms with Crippen LogP contribution in [0.5, 0.6) is 0 Å². The number of allylic oxidation sites excluding steroid dienone is 5. The van der Waals surface area contributed by atoms with Gasteiger partial charge in [-0.2, -0.15) is 21.9 Å². The fraction of sp³-hybridized carbons (Fsp3) is 0.125. The van der Waals surface area contributed by atoms with Crippen LogP contribution in [0.25, 0.3) is 0 Å². The van der Waals surface area contributed by atoms with Crippen LogP contribution in [0.1, 0.15) is 0 Å². The summed E-state index contributed by atoms with van der Waals surface area (Å²) in [5, 5.41) is 22.4. The molecular weight excluding hydrogens is 472 g/mol. The molecule has 0 radical (unpaired) electrons. The number of hydrogen-bond donors (Lipinski definition) is 7. The Morgan fingerprint density at radius 3 is 2.39 bits per heavy atom. The van der Waals surface area contributed by atoms with Gasteiger partial charge in [-0.1, -0.05) is 12.2 Å². The van der Waals surface area contributed by atoms with Crippen molar-refractivity contribution in [3.63, 3.8) is 0 Å². The summed E-state index contributed by atoms with van der Waals surface area (Å²) in [6.07, 6.45) is 3.69. The molecule has 0 aromatic heterocycles. The lowest BCUT2D eigenvalue weighted by molar-refractivity contribution is 0.344. The standard InChI is InChI=1S/C16H16N4O8S3/c17-10-2-1-8(5-12(10)30(23,24)25)19-20-16-13(31(26,27)28)4-7-3-9(29-22)6-11(21)14(7)15(16)18/h1-7,14,18-19,21-22H,17H2,(H,23,24,25)(H,26,27,28)/b18-15?,20-16-. The molecule has 0 bridgehead atoms. The molecule has 8 N–H and O–H groups in total. The van der Waals surface area contributed by atoms with E-state index in [4.69, 9.17) is 11.1 Å². The van der Waals surface area contributed by atoms with Crippen molar-refractivity contribution in [2.24, 2.45) is 16.9 Å². The number of nitrogens with two attached hydrogens (primary N) is 1. The van der Waals surface area contributed by atoms with E-state index in [0.29, 0.717) is 12.0 Å². The van der Waals surface area contributed by atoms with Crippen molar-refractivity contribution in [2.45, 2.75) is 4.90 Å². The molecule has 1 aromatic carbocycles. The summed E-state index contributed by atoms with van der Waals surface area (Å²) in [5.74, 6) is -2.21. The van der Waals surface area contributed by atoms with E-state index >= 15 is 0 Å². The Hall–Kier alpha value is -2.69. The monoisotopic (exact) mass is 488 g/mol. The zero-order valence-corrected chi connectivity index (χ0v) is 17.7. The van der Waals surface area contributed by atoms with Gasteiger partial charge in [-0.25, -0.2) is 0 Å². The second kappa shape index (κ2) is 8.10. The minimum absolute atomic E-state index is 0.0267. The molecule has 0 saturated heterocycles. The molecule has 2 unspecified atom stereocenters. The second-order valence-electron chi connectivity index (χ2n) is 6.50. The van der Waals surface area contributed by atoms with E-state index in [9.17, 15) is 35.6 Å². The van der Waals surface area contributed by atoms with Gasteiger partial charge in [0.05, 0.1) is 23.0 Å². The SMILES string of the molecule is N=C1/C(=N\Nc2ccc(N)c(S(=O)(=O)O)c2)C(S(=O)(=O)O)=CC2C=C(SO)C=C(O)C12. The summed E-state index contributed by atoms with van der Waals surface area (Å²) in [4.78, 5) is -1.12. The number of aliphatic hydroxyl groups excluding tert-OH is 1. The molecule has 31 heavy (non-hydrogen) atoms. The highest BCUT2D eigenvalue weighted by atomic mass is 32.2. The molecule has 2 aliphatic rings. The molecule has 0 saturated carbocycles. The van der Waals surface area contributed by atoms with Crippen molar-refractivity contribution in [3.8, 4) is 0 Å². The summed E-state index contributed by atoms with van der Waals surface area (Å²) >= 11 is 0.319. The molecule has 2 atom stereocenters. The van der Waals surface area contributed by atoms with Gasteiger partial charge in [0, 0.05) is 22.9 Å². The van der Waals surface area contributed by atoms with Crippen LogP contribution in [0.3, 0.4) is 0 Å². The Morgan fingerprint density at radius 1 is 1.13 bits per heavy atom. The third-order valence-electron chi connectivity index (χ3n) is 4.47. The molecule has 0 heterocycles. The van der Waals surface area contributed by atoms with E-state index in [-0.39, 0.29) is 22.0 Å². The number of hydrazone groups is 1. The maximum atomic E-state index is 11.9. The topological polar surface area (TPSA) is 223 Å². The molecule has 166 valence electrons. The Kier molecular flexibility index (Phi) is 6.01. The fourth-order valence-corrected chi connectivity index (χ4v) is 4.88. The molecule has 12 nitrogen and oxygen atoms in total. The average molecular weight is 489 g/mol. The summed E-state index contributed by atoms with van der Waals surface area (Å²) < 4.78 is 74.6. The molecule has 3 rings (SSSR count). The first kappa shape index (κ1) is 23.0. The lowest BCUT2D eigenvalue weighted by atomic mass is 9.77. The highest BCUT2D eigenvalue weighted by Crippen LogP contribution is 2.38. The predicted molar refractivity (Wildman–Crippen MR) is 115 cm³/mol. The minimum atomic E-state index is -4.85. The zero-order valence-electron chi connectivity index (χ0n) is 15.3. The van der Waals surface area contributed by atoms with Gasteiger partial charge in [-0.3, -0.25) is 14.5 Å². The third kappa shape index (κ3) is 4.65. The van der Waals surface area contributed by atoms with Gasteiger partial charge in [0.25, 0.3) is 20.2 Å². The first-order chi connectivity index (χ1) is 14.3. The van der Waals surface area contributed by atoms with E-state index in [2.05, 4.69) is 10.5 Å². The van der Waals surface area contributed by atoms with Crippen molar-refractivity contribution in [1.82, 2.24) is 0 Å². The molecule has 2 aliphatic carbocycles. The van der Waals surface area contributed by atoms with Crippen LogP contribution in [-0.2, 0) is 20.2 Å². The van der Waals surface area contributed by atoms with Crippen molar-refractivity contribution in [2.75, 3.05) is 11.2 Å². The second-order valence-corrected chi connectivity index (χ2v) is 9.94. The number of nitrogens with one attached hydrogen (secondary N) is 2. The number of fused-ring (bicyclic) bond motifs is 1. The van der Waals surface area contributed by atoms with Crippen LogP contribution in [0.4, 0.5) is 11.4 Å². The molecular formula is C16H16N4O8S3. The van der Waals surface area contributed by atoms with E-state index in [1.165, 1.54) is 18.2 Å². The van der Waals surface area contributed by atoms with Crippen LogP contribution in [0.15, 0.2) is 62.0 Å². The molecule has 1 aromatic rings. The molecule has 0 fully saturated rings. The quantitative estimate of drug-likeness (QED) is 0.137. The van der Waals surface area contributed by atoms with Gasteiger partial charge in [-0.05, 0) is 24.3 Å². The van der Waals surface area contributed by atoms with Gasteiger partial charge >= 0.3 is 0 Å². The third-order valence-corrected chi connectivity index (χ3v) is 6.72. The van der Waals surface area contributed by atoms with Crippen LogP contribution < -0.4 is 11.2 Å². The number of aliphatic hydroxyl groups is 1. The summed E-state index contributed by atoms with van der Waals surface area (Å²) in [7, 11) is -9.50. The Morgan fingerprint density at radius 2 is 1.81 bits per heavy atom. The van der Waals surface area contributed by atoms with Crippen LogP contribution >= 0.6 is 12.0 Å². The lowest BCUT2D eigenvalue weighted by Gasteiger charge is -2.31. The van der Waals surface area contributed by atoms with Crippen LogP contribution in [-0.4, -0.2) is 47.0 Å². The Bertz CT molecular complexity index is 1300. The van der Waals surface area contributed by atoms with Crippen LogP contribution in [0, 0.1) is 17.2 Å². The summed E-state index contributed by atoms with van der Waals surface area (Å²) in [6, 6.07) is 3.37. The normalized spacial score (nSPS) is 23.0. The first-order valence-electron chi connectivity index (χ1n) is 8.26. The van der Waals surface area contributed by atoms with Gasteiger partial charge < -0.3 is 20.8 Å². The van der Waals surface area contributed by atoms with E-state index in [0.717, 1.165) is 18.2 Å². The number of nitrogens with zero attached hydrogens (tertiary/aromatic N) is 1. The molecule has 0 aliphatic heterocycles. The van der Waals surface area contributed by atoms with Crippen molar-refractivity contribution < 1.29 is 35.6 Å².